The quantitative estimate of drug-likeness (QED) is 0.785. The number of rotatable bonds is 2. The Morgan fingerprint density at radius 3 is 2.70 bits per heavy atom. The summed E-state index contributed by atoms with van der Waals surface area (Å²) < 4.78 is -1.15. The molecule has 0 aromatic heterocycles. The van der Waals surface area contributed by atoms with Crippen molar-refractivity contribution in [3.63, 3.8) is 0 Å². The molecule has 104 valence electrons. The largest absolute Gasteiger partial charge is 0.392 e. The first kappa shape index (κ1) is 13.3. The number of thioether (sulfide) groups is 1. The molecule has 1 saturated heterocycles. The van der Waals surface area contributed by atoms with Crippen molar-refractivity contribution in [3.05, 3.63) is 35.9 Å². The summed E-state index contributed by atoms with van der Waals surface area (Å²) in [5, 5.41) is 11.9. The fraction of sp³-hybridized carbons (Fsp3) is 0.357. The summed E-state index contributed by atoms with van der Waals surface area (Å²) in [5.41, 5.74) is 0.485. The van der Waals surface area contributed by atoms with E-state index in [4.69, 9.17) is 0 Å². The fourth-order valence-corrected chi connectivity index (χ4v) is 4.23. The number of hydrogen-bond acceptors (Lipinski definition) is 5. The second kappa shape index (κ2) is 4.71. The average Bonchev–Trinajstić information content (AvgIpc) is 2.89. The summed E-state index contributed by atoms with van der Waals surface area (Å²) >= 11 is 0.862. The van der Waals surface area contributed by atoms with Crippen molar-refractivity contribution in [2.45, 2.75) is 23.7 Å². The van der Waals surface area contributed by atoms with Crippen LogP contribution in [0.5, 0.6) is 0 Å². The number of carbonyl (C=O) groups is 3. The van der Waals surface area contributed by atoms with Crippen LogP contribution in [-0.4, -0.2) is 32.9 Å². The van der Waals surface area contributed by atoms with E-state index < -0.39 is 28.6 Å². The standard InChI is InChI=1S/C14H13NO4S/c16-9-6-7-14(10(9)11(17)15-13(14)19)20-12(18)8-4-2-1-3-5-8/h1-5,9-10,16H,6-7H2,(H,15,17,19)/t9-,10+,14-/m0/s1. The Kier molecular flexibility index (Phi) is 3.14. The monoisotopic (exact) mass is 291 g/mol. The zero-order chi connectivity index (χ0) is 14.3. The van der Waals surface area contributed by atoms with Gasteiger partial charge in [-0.25, -0.2) is 0 Å². The molecule has 0 bridgehead atoms. The van der Waals surface area contributed by atoms with Gasteiger partial charge in [0.15, 0.2) is 0 Å². The molecule has 2 aliphatic rings. The van der Waals surface area contributed by atoms with Crippen LogP contribution in [0.3, 0.4) is 0 Å². The summed E-state index contributed by atoms with van der Waals surface area (Å²) in [5.74, 6) is -1.76. The molecule has 3 rings (SSSR count). The Morgan fingerprint density at radius 1 is 1.30 bits per heavy atom. The highest BCUT2D eigenvalue weighted by molar-refractivity contribution is 8.16. The van der Waals surface area contributed by atoms with E-state index in [0.29, 0.717) is 18.4 Å². The topological polar surface area (TPSA) is 83.5 Å². The number of carbonyl (C=O) groups excluding carboxylic acids is 3. The Balaban J connectivity index is 1.90. The SMILES string of the molecule is O=C(S[C@@]12CC[C@H](O)[C@@H]1C(=O)NC2=O)c1ccccc1. The first-order valence-electron chi connectivity index (χ1n) is 6.36. The van der Waals surface area contributed by atoms with Crippen LogP contribution in [0, 0.1) is 5.92 Å². The molecular formula is C14H13NO4S. The third-order valence-corrected chi connectivity index (χ3v) is 5.32. The van der Waals surface area contributed by atoms with Crippen molar-refractivity contribution in [3.8, 4) is 0 Å². The van der Waals surface area contributed by atoms with Gasteiger partial charge in [-0.3, -0.25) is 19.7 Å². The van der Waals surface area contributed by atoms with Crippen molar-refractivity contribution in [2.24, 2.45) is 5.92 Å². The molecule has 0 unspecified atom stereocenters. The summed E-state index contributed by atoms with van der Waals surface area (Å²) in [6, 6.07) is 8.62. The van der Waals surface area contributed by atoms with Crippen LogP contribution < -0.4 is 5.32 Å². The molecule has 2 amide bonds. The minimum absolute atomic E-state index is 0.255. The van der Waals surface area contributed by atoms with E-state index in [1.165, 1.54) is 0 Å². The number of amides is 2. The van der Waals surface area contributed by atoms with Gasteiger partial charge < -0.3 is 5.11 Å². The van der Waals surface area contributed by atoms with E-state index in [-0.39, 0.29) is 5.12 Å². The maximum absolute atomic E-state index is 12.3. The van der Waals surface area contributed by atoms with Crippen molar-refractivity contribution < 1.29 is 19.5 Å². The van der Waals surface area contributed by atoms with Gasteiger partial charge in [0.1, 0.15) is 4.75 Å². The number of aliphatic hydroxyl groups is 1. The summed E-state index contributed by atoms with van der Waals surface area (Å²) in [6.45, 7) is 0. The van der Waals surface area contributed by atoms with E-state index in [1.807, 2.05) is 0 Å². The lowest BCUT2D eigenvalue weighted by atomic mass is 9.97. The molecule has 0 radical (unpaired) electrons. The van der Waals surface area contributed by atoms with E-state index >= 15 is 0 Å². The molecule has 1 aliphatic heterocycles. The zero-order valence-corrected chi connectivity index (χ0v) is 11.4. The van der Waals surface area contributed by atoms with Gasteiger partial charge in [-0.15, -0.1) is 0 Å². The third kappa shape index (κ3) is 1.87. The lowest BCUT2D eigenvalue weighted by molar-refractivity contribution is -0.127. The maximum atomic E-state index is 12.3. The van der Waals surface area contributed by atoms with Gasteiger partial charge in [0.2, 0.25) is 16.9 Å². The molecule has 2 fully saturated rings. The van der Waals surface area contributed by atoms with Crippen LogP contribution >= 0.6 is 11.8 Å². The third-order valence-electron chi connectivity index (χ3n) is 3.89. The molecule has 1 aromatic carbocycles. The highest BCUT2D eigenvalue weighted by Crippen LogP contribution is 2.50. The second-order valence-electron chi connectivity index (χ2n) is 5.05. The van der Waals surface area contributed by atoms with Crippen LogP contribution in [0.25, 0.3) is 0 Å². The predicted molar refractivity (Wildman–Crippen MR) is 73.0 cm³/mol. The molecule has 1 saturated carbocycles. The summed E-state index contributed by atoms with van der Waals surface area (Å²) in [6.07, 6.45) is -0.170. The van der Waals surface area contributed by atoms with Crippen LogP contribution in [0.4, 0.5) is 0 Å². The van der Waals surface area contributed by atoms with E-state index in [2.05, 4.69) is 5.32 Å². The molecule has 3 atom stereocenters. The molecule has 6 heteroatoms. The van der Waals surface area contributed by atoms with Crippen LogP contribution in [0.15, 0.2) is 30.3 Å². The van der Waals surface area contributed by atoms with Gasteiger partial charge in [-0.05, 0) is 12.8 Å². The molecule has 1 heterocycles. The number of imide groups is 1. The average molecular weight is 291 g/mol. The summed E-state index contributed by atoms with van der Waals surface area (Å²) in [4.78, 5) is 36.2. The minimum atomic E-state index is -1.15. The molecular weight excluding hydrogens is 278 g/mol. The Bertz CT molecular complexity index is 588. The zero-order valence-electron chi connectivity index (χ0n) is 10.5. The van der Waals surface area contributed by atoms with Crippen molar-refractivity contribution >= 4 is 28.7 Å². The lowest BCUT2D eigenvalue weighted by Gasteiger charge is -2.23. The van der Waals surface area contributed by atoms with Gasteiger partial charge in [-0.1, -0.05) is 42.1 Å². The van der Waals surface area contributed by atoms with E-state index in [0.717, 1.165) is 11.8 Å². The highest BCUT2D eigenvalue weighted by Gasteiger charge is 2.63. The lowest BCUT2D eigenvalue weighted by Crippen LogP contribution is -2.38. The number of hydrogen-bond donors (Lipinski definition) is 2. The summed E-state index contributed by atoms with van der Waals surface area (Å²) in [7, 11) is 0. The molecule has 2 N–H and O–H groups in total. The Morgan fingerprint density at radius 2 is 2.00 bits per heavy atom. The molecule has 20 heavy (non-hydrogen) atoms. The van der Waals surface area contributed by atoms with Crippen molar-refractivity contribution in [1.82, 2.24) is 5.32 Å². The predicted octanol–water partition coefficient (Wildman–Crippen LogP) is 0.726. The molecule has 1 aromatic rings. The number of fused-ring (bicyclic) bond motifs is 1. The Labute approximate surface area is 119 Å². The van der Waals surface area contributed by atoms with Crippen LogP contribution in [-0.2, 0) is 9.59 Å². The number of nitrogens with one attached hydrogen (secondary N) is 1. The molecule has 0 spiro atoms. The first-order chi connectivity index (χ1) is 9.54. The van der Waals surface area contributed by atoms with Crippen LogP contribution in [0.2, 0.25) is 0 Å². The van der Waals surface area contributed by atoms with Gasteiger partial charge in [0.05, 0.1) is 12.0 Å². The first-order valence-corrected chi connectivity index (χ1v) is 7.18. The van der Waals surface area contributed by atoms with Gasteiger partial charge in [0, 0.05) is 5.56 Å². The molecule has 1 aliphatic carbocycles. The van der Waals surface area contributed by atoms with Gasteiger partial charge in [-0.2, -0.15) is 0 Å². The highest BCUT2D eigenvalue weighted by atomic mass is 32.2. The number of aliphatic hydroxyl groups excluding tert-OH is 1. The maximum Gasteiger partial charge on any atom is 0.244 e. The Hall–Kier alpha value is -1.66. The van der Waals surface area contributed by atoms with Gasteiger partial charge in [0.25, 0.3) is 0 Å². The molecule has 5 nitrogen and oxygen atoms in total. The van der Waals surface area contributed by atoms with E-state index in [1.54, 1.807) is 30.3 Å². The minimum Gasteiger partial charge on any atom is -0.392 e. The smallest absolute Gasteiger partial charge is 0.244 e. The van der Waals surface area contributed by atoms with Crippen LogP contribution in [0.1, 0.15) is 23.2 Å². The second-order valence-corrected chi connectivity index (χ2v) is 6.35. The van der Waals surface area contributed by atoms with Gasteiger partial charge >= 0.3 is 0 Å². The van der Waals surface area contributed by atoms with E-state index in [9.17, 15) is 19.5 Å². The van der Waals surface area contributed by atoms with Crippen molar-refractivity contribution in [1.29, 1.82) is 0 Å². The normalized spacial score (nSPS) is 32.0. The fourth-order valence-electron chi connectivity index (χ4n) is 2.89. The van der Waals surface area contributed by atoms with Crippen molar-refractivity contribution in [2.75, 3.05) is 0 Å². The number of benzene rings is 1.